The third-order valence-electron chi connectivity index (χ3n) is 0.592. The van der Waals surface area contributed by atoms with E-state index in [0.717, 1.165) is 0 Å². The van der Waals surface area contributed by atoms with E-state index in [-0.39, 0.29) is 0 Å². The second kappa shape index (κ2) is 1.61. The molecule has 2 N–H and O–H groups in total. The summed E-state index contributed by atoms with van der Waals surface area (Å²) in [6, 6.07) is 0. The average molecular weight is 124 g/mol. The molecule has 5 heteroatoms. The van der Waals surface area contributed by atoms with Crippen LogP contribution in [0.3, 0.4) is 0 Å². The fraction of sp³-hybridized carbons (Fsp3) is 1.00. The van der Waals surface area contributed by atoms with Crippen molar-refractivity contribution in [2.45, 2.75) is 0 Å². The zero-order valence-corrected chi connectivity index (χ0v) is 4.39. The van der Waals surface area contributed by atoms with Crippen molar-refractivity contribution in [2.24, 2.45) is 0 Å². The first kappa shape index (κ1) is 5.33. The van der Waals surface area contributed by atoms with Crippen molar-refractivity contribution in [3.05, 3.63) is 0 Å². The molecule has 1 rings (SSSR count). The molecule has 1 fully saturated rings. The lowest BCUT2D eigenvalue weighted by Crippen LogP contribution is -2.02. The molecule has 0 spiro atoms. The first-order chi connectivity index (χ1) is 3.21. The predicted octanol–water partition coefficient (Wildman–Crippen LogP) is 0.202. The molecule has 0 unspecified atom stereocenters. The summed E-state index contributed by atoms with van der Waals surface area (Å²) >= 11 is -2.92. The molecular formula is C2H6NO3S. The van der Waals surface area contributed by atoms with Crippen molar-refractivity contribution >= 4 is 11.1 Å². The summed E-state index contributed by atoms with van der Waals surface area (Å²) < 4.78 is 24.6. The summed E-state index contributed by atoms with van der Waals surface area (Å²) in [5.74, 6) is 0. The Kier molecular flexibility index (Phi) is 1.22. The van der Waals surface area contributed by atoms with E-state index >= 15 is 0 Å². The molecule has 1 saturated heterocycles. The minimum absolute atomic E-state index is 0.336. The van der Waals surface area contributed by atoms with Crippen molar-refractivity contribution in [1.29, 1.82) is 0 Å². The van der Waals surface area contributed by atoms with Crippen LogP contribution in [0.2, 0.25) is 0 Å². The molecule has 0 amide bonds. The third kappa shape index (κ3) is 1.29. The maximum Gasteiger partial charge on any atom is 0.172 e. The lowest BCUT2D eigenvalue weighted by atomic mass is 10.8. The number of hydrogen-bond donors (Lipinski definition) is 2. The zero-order chi connectivity index (χ0) is 5.33. The minimum Gasteiger partial charge on any atom is -0.295 e. The van der Waals surface area contributed by atoms with Crippen LogP contribution in [-0.2, 0) is 4.18 Å². The van der Waals surface area contributed by atoms with Gasteiger partial charge in [-0.15, -0.1) is 4.72 Å². The van der Waals surface area contributed by atoms with Crippen LogP contribution < -0.4 is 4.72 Å². The van der Waals surface area contributed by atoms with Crippen molar-refractivity contribution in [3.63, 3.8) is 0 Å². The summed E-state index contributed by atoms with van der Waals surface area (Å²) in [4.78, 5) is 0. The molecule has 1 aliphatic heterocycles. The van der Waals surface area contributed by atoms with Crippen molar-refractivity contribution in [3.8, 4) is 0 Å². The first-order valence-corrected chi connectivity index (χ1v) is 3.25. The number of rotatable bonds is 0. The Bertz CT molecular complexity index is 67.3. The third-order valence-corrected chi connectivity index (χ3v) is 1.59. The average Bonchev–Trinajstić information content (AvgIpc) is 1.84. The van der Waals surface area contributed by atoms with E-state index in [1.54, 1.807) is 0 Å². The molecule has 7 heavy (non-hydrogen) atoms. The zero-order valence-electron chi connectivity index (χ0n) is 3.57. The summed E-state index contributed by atoms with van der Waals surface area (Å²) in [7, 11) is 0. The Balaban J connectivity index is 2.40. The number of nitrogens with zero attached hydrogens (tertiary/aromatic N) is 1. The highest BCUT2D eigenvalue weighted by Gasteiger charge is 2.24. The molecular weight excluding hydrogens is 118 g/mol. The van der Waals surface area contributed by atoms with Crippen LogP contribution in [0.5, 0.6) is 0 Å². The van der Waals surface area contributed by atoms with E-state index in [2.05, 4.69) is 8.91 Å². The molecule has 4 nitrogen and oxygen atoms in total. The normalized spacial score (nSPS) is 32.9. The van der Waals surface area contributed by atoms with Gasteiger partial charge >= 0.3 is 0 Å². The molecule has 43 valence electrons. The standard InChI is InChI=1S/C2H6NO3S/c4-7(5)3-1-2-6-7/h4-5H,1-2H2. The Morgan fingerprint density at radius 3 is 2.43 bits per heavy atom. The molecule has 1 heterocycles. The van der Waals surface area contributed by atoms with E-state index in [4.69, 9.17) is 9.11 Å². The molecule has 0 aromatic carbocycles. The number of hydrogen-bond acceptors (Lipinski definition) is 3. The van der Waals surface area contributed by atoms with E-state index in [1.807, 2.05) is 0 Å². The van der Waals surface area contributed by atoms with Gasteiger partial charge in [0.2, 0.25) is 0 Å². The molecule has 1 radical (unpaired) electrons. The van der Waals surface area contributed by atoms with E-state index in [9.17, 15) is 0 Å². The largest absolute Gasteiger partial charge is 0.295 e. The van der Waals surface area contributed by atoms with Crippen molar-refractivity contribution in [2.75, 3.05) is 13.2 Å². The van der Waals surface area contributed by atoms with Crippen LogP contribution in [0.25, 0.3) is 0 Å². The van der Waals surface area contributed by atoms with E-state index in [1.165, 1.54) is 0 Å². The van der Waals surface area contributed by atoms with Gasteiger partial charge in [0, 0.05) is 0 Å². The Hall–Kier alpha value is 0.190. The molecule has 0 aromatic heterocycles. The van der Waals surface area contributed by atoms with Gasteiger partial charge in [0.15, 0.2) is 11.1 Å². The van der Waals surface area contributed by atoms with Gasteiger partial charge in [0.25, 0.3) is 0 Å². The van der Waals surface area contributed by atoms with Gasteiger partial charge in [-0.1, -0.05) is 0 Å². The highest BCUT2D eigenvalue weighted by molar-refractivity contribution is 8.18. The Morgan fingerprint density at radius 1 is 1.57 bits per heavy atom. The highest BCUT2D eigenvalue weighted by atomic mass is 32.3. The summed E-state index contributed by atoms with van der Waals surface area (Å²) in [6.45, 7) is 0.741. The maximum absolute atomic E-state index is 8.44. The molecule has 1 aliphatic rings. The highest BCUT2D eigenvalue weighted by Crippen LogP contribution is 2.39. The summed E-state index contributed by atoms with van der Waals surface area (Å²) in [5.41, 5.74) is 0. The van der Waals surface area contributed by atoms with Crippen molar-refractivity contribution in [1.82, 2.24) is 4.72 Å². The van der Waals surface area contributed by atoms with Gasteiger partial charge in [-0.3, -0.25) is 13.3 Å². The monoisotopic (exact) mass is 124 g/mol. The molecule has 0 saturated carbocycles. The second-order valence-corrected chi connectivity index (χ2v) is 2.57. The van der Waals surface area contributed by atoms with Crippen molar-refractivity contribution < 1.29 is 13.3 Å². The van der Waals surface area contributed by atoms with Gasteiger partial charge in [-0.05, 0) is 0 Å². The van der Waals surface area contributed by atoms with Crippen LogP contribution in [0.1, 0.15) is 0 Å². The predicted molar refractivity (Wildman–Crippen MR) is 25.8 cm³/mol. The smallest absolute Gasteiger partial charge is 0.172 e. The SMILES string of the molecule is OS1(O)[N]CCO1. The topological polar surface area (TPSA) is 63.8 Å². The van der Waals surface area contributed by atoms with Gasteiger partial charge in [0.05, 0.1) is 13.2 Å². The van der Waals surface area contributed by atoms with Crippen LogP contribution in [0.4, 0.5) is 0 Å². The fourth-order valence-corrected chi connectivity index (χ4v) is 1.03. The van der Waals surface area contributed by atoms with Gasteiger partial charge < -0.3 is 0 Å². The Morgan fingerprint density at radius 2 is 2.29 bits per heavy atom. The lowest BCUT2D eigenvalue weighted by Gasteiger charge is -2.14. The van der Waals surface area contributed by atoms with Crippen LogP contribution in [0, 0.1) is 0 Å². The van der Waals surface area contributed by atoms with E-state index < -0.39 is 11.1 Å². The van der Waals surface area contributed by atoms with Crippen LogP contribution in [0.15, 0.2) is 0 Å². The fourth-order valence-electron chi connectivity index (χ4n) is 0.343. The van der Waals surface area contributed by atoms with Crippen LogP contribution in [-0.4, -0.2) is 22.3 Å². The van der Waals surface area contributed by atoms with Gasteiger partial charge in [0.1, 0.15) is 0 Å². The second-order valence-electron chi connectivity index (χ2n) is 1.14. The van der Waals surface area contributed by atoms with Crippen LogP contribution >= 0.6 is 11.1 Å². The molecule has 0 aromatic rings. The quantitative estimate of drug-likeness (QED) is 0.485. The van der Waals surface area contributed by atoms with Gasteiger partial charge in [-0.2, -0.15) is 0 Å². The molecule has 0 bridgehead atoms. The molecule has 0 aliphatic carbocycles. The Labute approximate surface area is 43.2 Å². The minimum atomic E-state index is -2.92. The lowest BCUT2D eigenvalue weighted by molar-refractivity contribution is 0.302. The van der Waals surface area contributed by atoms with E-state index in [0.29, 0.717) is 13.2 Å². The first-order valence-electron chi connectivity index (χ1n) is 1.82. The summed E-state index contributed by atoms with van der Waals surface area (Å²) in [6.07, 6.45) is 0. The molecule has 0 atom stereocenters. The summed E-state index contributed by atoms with van der Waals surface area (Å²) in [5, 5.41) is 0. The maximum atomic E-state index is 8.44. The van der Waals surface area contributed by atoms with Gasteiger partial charge in [-0.25, -0.2) is 0 Å².